The average Bonchev–Trinajstić information content (AvgIpc) is 2.82. The summed E-state index contributed by atoms with van der Waals surface area (Å²) in [5.41, 5.74) is 5.91. The molecule has 106 valence electrons. The van der Waals surface area contributed by atoms with Crippen molar-refractivity contribution in [3.05, 3.63) is 27.8 Å². The Bertz CT molecular complexity index is 482. The molecule has 19 heavy (non-hydrogen) atoms. The molecule has 0 amide bonds. The van der Waals surface area contributed by atoms with Crippen molar-refractivity contribution in [3.8, 4) is 11.5 Å². The molecule has 0 saturated heterocycles. The zero-order chi connectivity index (χ0) is 13.3. The summed E-state index contributed by atoms with van der Waals surface area (Å²) in [6, 6.07) is 1.91. The molecule has 0 fully saturated rings. The molecule has 1 aliphatic rings. The van der Waals surface area contributed by atoms with E-state index in [2.05, 4.69) is 0 Å². The predicted molar refractivity (Wildman–Crippen MR) is 69.7 cm³/mol. The van der Waals surface area contributed by atoms with Crippen molar-refractivity contribution in [2.45, 2.75) is 25.5 Å². The van der Waals surface area contributed by atoms with Crippen LogP contribution < -0.4 is 15.2 Å². The SMILES string of the molecule is CC[C@@H](O)[C@@H](N)c1cc2c(cc1[N+](=O)[O-])OCO2.Cl. The Labute approximate surface area is 115 Å². The minimum atomic E-state index is -0.843. The third-order valence-corrected chi connectivity index (χ3v) is 2.91. The molecule has 1 aromatic carbocycles. The molecular formula is C11H15ClN2O5. The number of nitrogens with two attached hydrogens (primary N) is 1. The molecule has 0 spiro atoms. The van der Waals surface area contributed by atoms with Crippen LogP contribution in [-0.4, -0.2) is 22.9 Å². The van der Waals surface area contributed by atoms with Gasteiger partial charge in [-0.3, -0.25) is 10.1 Å². The van der Waals surface area contributed by atoms with Crippen LogP contribution in [0.5, 0.6) is 11.5 Å². The van der Waals surface area contributed by atoms with Crippen LogP contribution in [0, 0.1) is 10.1 Å². The highest BCUT2D eigenvalue weighted by Gasteiger charge is 2.29. The summed E-state index contributed by atoms with van der Waals surface area (Å²) in [4.78, 5) is 10.5. The van der Waals surface area contributed by atoms with Crippen LogP contribution in [0.1, 0.15) is 24.9 Å². The Kier molecular flexibility index (Phi) is 4.93. The highest BCUT2D eigenvalue weighted by Crippen LogP contribution is 2.40. The van der Waals surface area contributed by atoms with E-state index in [4.69, 9.17) is 15.2 Å². The van der Waals surface area contributed by atoms with Gasteiger partial charge in [0.15, 0.2) is 11.5 Å². The van der Waals surface area contributed by atoms with E-state index in [1.54, 1.807) is 6.92 Å². The van der Waals surface area contributed by atoms with Crippen molar-refractivity contribution in [1.29, 1.82) is 0 Å². The van der Waals surface area contributed by atoms with Crippen molar-refractivity contribution >= 4 is 18.1 Å². The number of rotatable bonds is 4. The molecule has 1 heterocycles. The second-order valence-electron chi connectivity index (χ2n) is 4.02. The fourth-order valence-corrected chi connectivity index (χ4v) is 1.83. The summed E-state index contributed by atoms with van der Waals surface area (Å²) in [7, 11) is 0. The van der Waals surface area contributed by atoms with Crippen LogP contribution in [0.25, 0.3) is 0 Å². The number of benzene rings is 1. The van der Waals surface area contributed by atoms with Gasteiger partial charge in [0.05, 0.1) is 28.7 Å². The fraction of sp³-hybridized carbons (Fsp3) is 0.455. The van der Waals surface area contributed by atoms with Gasteiger partial charge in [-0.1, -0.05) is 6.92 Å². The number of ether oxygens (including phenoxy) is 2. The highest BCUT2D eigenvalue weighted by molar-refractivity contribution is 5.85. The molecule has 8 heteroatoms. The molecule has 2 atom stereocenters. The fourth-order valence-electron chi connectivity index (χ4n) is 1.83. The van der Waals surface area contributed by atoms with Crippen LogP contribution >= 0.6 is 12.4 Å². The van der Waals surface area contributed by atoms with E-state index in [-0.39, 0.29) is 30.5 Å². The van der Waals surface area contributed by atoms with Gasteiger partial charge in [-0.2, -0.15) is 0 Å². The topological polar surface area (TPSA) is 108 Å². The zero-order valence-electron chi connectivity index (χ0n) is 10.2. The summed E-state index contributed by atoms with van der Waals surface area (Å²) >= 11 is 0. The first-order valence-corrected chi connectivity index (χ1v) is 5.56. The third-order valence-electron chi connectivity index (χ3n) is 2.91. The summed E-state index contributed by atoms with van der Waals surface area (Å²) in [6.45, 7) is 1.78. The maximum atomic E-state index is 11.0. The van der Waals surface area contributed by atoms with Crippen molar-refractivity contribution in [3.63, 3.8) is 0 Å². The van der Waals surface area contributed by atoms with Gasteiger partial charge in [0.2, 0.25) is 6.79 Å². The van der Waals surface area contributed by atoms with Gasteiger partial charge in [0, 0.05) is 0 Å². The first kappa shape index (κ1) is 15.5. The number of aliphatic hydroxyl groups is 1. The van der Waals surface area contributed by atoms with Gasteiger partial charge in [0.25, 0.3) is 5.69 Å². The molecule has 1 aromatic rings. The van der Waals surface area contributed by atoms with E-state index in [0.717, 1.165) is 0 Å². The van der Waals surface area contributed by atoms with Crippen molar-refractivity contribution in [1.82, 2.24) is 0 Å². The second-order valence-corrected chi connectivity index (χ2v) is 4.02. The minimum absolute atomic E-state index is 0. The number of halogens is 1. The summed E-state index contributed by atoms with van der Waals surface area (Å²) in [6.07, 6.45) is -0.434. The number of nitrogens with zero attached hydrogens (tertiary/aromatic N) is 1. The van der Waals surface area contributed by atoms with Gasteiger partial charge in [-0.25, -0.2) is 0 Å². The van der Waals surface area contributed by atoms with Gasteiger partial charge in [-0.05, 0) is 12.5 Å². The maximum absolute atomic E-state index is 11.0. The van der Waals surface area contributed by atoms with Crippen LogP contribution in [0.4, 0.5) is 5.69 Å². The Hall–Kier alpha value is -1.57. The molecule has 0 radical (unpaired) electrons. The van der Waals surface area contributed by atoms with E-state index in [1.807, 2.05) is 0 Å². The normalized spacial score (nSPS) is 15.5. The molecule has 0 saturated carbocycles. The molecule has 0 bridgehead atoms. The van der Waals surface area contributed by atoms with Crippen LogP contribution in [0.3, 0.4) is 0 Å². The summed E-state index contributed by atoms with van der Waals surface area (Å²) in [5, 5.41) is 20.7. The number of hydrogen-bond acceptors (Lipinski definition) is 6. The quantitative estimate of drug-likeness (QED) is 0.643. The third kappa shape index (κ3) is 2.89. The smallest absolute Gasteiger partial charge is 0.278 e. The lowest BCUT2D eigenvalue weighted by Gasteiger charge is -2.17. The standard InChI is InChI=1S/C11H14N2O5.ClH/c1-2-8(14)11(12)6-3-9-10(18-5-17-9)4-7(6)13(15)16;/h3-4,8,11,14H,2,5,12H2,1H3;1H/t8-,11+;/m1./s1. The number of nitro groups is 1. The van der Waals surface area contributed by atoms with E-state index in [9.17, 15) is 15.2 Å². The van der Waals surface area contributed by atoms with E-state index in [1.165, 1.54) is 12.1 Å². The van der Waals surface area contributed by atoms with Crippen LogP contribution in [0.2, 0.25) is 0 Å². The second kappa shape index (κ2) is 6.05. The zero-order valence-corrected chi connectivity index (χ0v) is 11.1. The first-order valence-electron chi connectivity index (χ1n) is 5.56. The molecule has 0 aliphatic carbocycles. The number of fused-ring (bicyclic) bond motifs is 1. The number of aliphatic hydroxyl groups excluding tert-OH is 1. The summed E-state index contributed by atoms with van der Waals surface area (Å²) in [5.74, 6) is 0.734. The van der Waals surface area contributed by atoms with Gasteiger partial charge >= 0.3 is 0 Å². The van der Waals surface area contributed by atoms with Crippen molar-refractivity contribution in [2.24, 2.45) is 5.73 Å². The molecule has 0 aromatic heterocycles. The number of nitro benzene ring substituents is 1. The molecular weight excluding hydrogens is 276 g/mol. The van der Waals surface area contributed by atoms with Crippen LogP contribution in [-0.2, 0) is 0 Å². The van der Waals surface area contributed by atoms with Crippen molar-refractivity contribution in [2.75, 3.05) is 6.79 Å². The average molecular weight is 291 g/mol. The van der Waals surface area contributed by atoms with Crippen LogP contribution in [0.15, 0.2) is 12.1 Å². The lowest BCUT2D eigenvalue weighted by atomic mass is 9.98. The highest BCUT2D eigenvalue weighted by atomic mass is 35.5. The molecule has 7 nitrogen and oxygen atoms in total. The first-order chi connectivity index (χ1) is 8.54. The Morgan fingerprint density at radius 1 is 1.47 bits per heavy atom. The summed E-state index contributed by atoms with van der Waals surface area (Å²) < 4.78 is 10.2. The molecule has 0 unspecified atom stereocenters. The lowest BCUT2D eigenvalue weighted by Crippen LogP contribution is -2.26. The molecule has 2 rings (SSSR count). The van der Waals surface area contributed by atoms with E-state index >= 15 is 0 Å². The Morgan fingerprint density at radius 2 is 2.05 bits per heavy atom. The molecule has 1 aliphatic heterocycles. The van der Waals surface area contributed by atoms with E-state index < -0.39 is 17.1 Å². The lowest BCUT2D eigenvalue weighted by molar-refractivity contribution is -0.385. The van der Waals surface area contributed by atoms with Crippen molar-refractivity contribution < 1.29 is 19.5 Å². The Morgan fingerprint density at radius 3 is 2.58 bits per heavy atom. The van der Waals surface area contributed by atoms with Gasteiger partial charge in [0.1, 0.15) is 0 Å². The van der Waals surface area contributed by atoms with Gasteiger partial charge in [-0.15, -0.1) is 12.4 Å². The predicted octanol–water partition coefficient (Wildman–Crippen LogP) is 1.52. The number of hydrogen-bond donors (Lipinski definition) is 2. The van der Waals surface area contributed by atoms with Gasteiger partial charge < -0.3 is 20.3 Å². The minimum Gasteiger partial charge on any atom is -0.454 e. The maximum Gasteiger partial charge on any atom is 0.278 e. The van der Waals surface area contributed by atoms with E-state index in [0.29, 0.717) is 17.9 Å². The Balaban J connectivity index is 0.00000180. The molecule has 3 N–H and O–H groups in total. The largest absolute Gasteiger partial charge is 0.454 e. The monoisotopic (exact) mass is 290 g/mol.